The van der Waals surface area contributed by atoms with E-state index in [9.17, 15) is 15.2 Å². The van der Waals surface area contributed by atoms with Gasteiger partial charge in [0.2, 0.25) is 0 Å². The number of aliphatic hydroxyl groups is 1. The lowest BCUT2D eigenvalue weighted by Crippen LogP contribution is -2.59. The molecule has 116 valence electrons. The molecule has 1 fully saturated rings. The molecule has 0 saturated heterocycles. The minimum absolute atomic E-state index is 0.108. The van der Waals surface area contributed by atoms with Crippen LogP contribution in [0.4, 0.5) is 5.69 Å². The summed E-state index contributed by atoms with van der Waals surface area (Å²) in [5.74, 6) is 0.243. The van der Waals surface area contributed by atoms with E-state index in [1.807, 2.05) is 13.8 Å². The van der Waals surface area contributed by atoms with Crippen molar-refractivity contribution < 1.29 is 14.8 Å². The molecular weight excluding hydrogens is 317 g/mol. The van der Waals surface area contributed by atoms with E-state index in [-0.39, 0.29) is 33.0 Å². The molecule has 2 unspecified atom stereocenters. The van der Waals surface area contributed by atoms with E-state index >= 15 is 0 Å². The van der Waals surface area contributed by atoms with Gasteiger partial charge < -0.3 is 9.84 Å². The third-order valence-electron chi connectivity index (χ3n) is 4.51. The van der Waals surface area contributed by atoms with Gasteiger partial charge in [-0.05, 0) is 12.8 Å². The van der Waals surface area contributed by atoms with Gasteiger partial charge in [0.05, 0.1) is 21.1 Å². The molecule has 2 atom stereocenters. The molecule has 2 rings (SSSR count). The summed E-state index contributed by atoms with van der Waals surface area (Å²) in [4.78, 5) is 10.2. The van der Waals surface area contributed by atoms with Crippen LogP contribution < -0.4 is 4.74 Å². The Morgan fingerprint density at radius 2 is 1.90 bits per heavy atom. The summed E-state index contributed by atoms with van der Waals surface area (Å²) in [7, 11) is 0. The zero-order valence-electron chi connectivity index (χ0n) is 11.8. The van der Waals surface area contributed by atoms with Crippen molar-refractivity contribution >= 4 is 28.9 Å². The van der Waals surface area contributed by atoms with Crippen molar-refractivity contribution in [3.05, 3.63) is 32.3 Å². The maximum absolute atomic E-state index is 10.8. The van der Waals surface area contributed by atoms with Crippen LogP contribution in [0.15, 0.2) is 12.1 Å². The van der Waals surface area contributed by atoms with Gasteiger partial charge in [-0.2, -0.15) is 0 Å². The lowest BCUT2D eigenvalue weighted by molar-refractivity contribution is -0.384. The molecular formula is C14H17Cl2NO4. The number of halogens is 2. The van der Waals surface area contributed by atoms with Gasteiger partial charge >= 0.3 is 0 Å². The summed E-state index contributed by atoms with van der Waals surface area (Å²) >= 11 is 12.1. The van der Waals surface area contributed by atoms with E-state index < -0.39 is 11.0 Å². The van der Waals surface area contributed by atoms with Gasteiger partial charge in [0.15, 0.2) is 5.75 Å². The average molecular weight is 334 g/mol. The Morgan fingerprint density at radius 1 is 1.38 bits per heavy atom. The minimum atomic E-state index is -0.559. The van der Waals surface area contributed by atoms with E-state index in [4.69, 9.17) is 27.9 Å². The number of hydrogen-bond donors (Lipinski definition) is 1. The van der Waals surface area contributed by atoms with Crippen LogP contribution in [0, 0.1) is 15.5 Å². The van der Waals surface area contributed by atoms with Crippen LogP contribution in [0.3, 0.4) is 0 Å². The summed E-state index contributed by atoms with van der Waals surface area (Å²) in [6.45, 7) is 4.00. The van der Waals surface area contributed by atoms with Crippen molar-refractivity contribution in [1.82, 2.24) is 0 Å². The Hall–Kier alpha value is -1.04. The second kappa shape index (κ2) is 5.99. The third-order valence-corrected chi connectivity index (χ3v) is 5.07. The Bertz CT molecular complexity index is 537. The van der Waals surface area contributed by atoms with Gasteiger partial charge in [-0.1, -0.05) is 37.0 Å². The van der Waals surface area contributed by atoms with Crippen LogP contribution in [-0.4, -0.2) is 22.2 Å². The van der Waals surface area contributed by atoms with Crippen LogP contribution in [0.2, 0.25) is 10.0 Å². The van der Waals surface area contributed by atoms with Crippen molar-refractivity contribution in [2.75, 3.05) is 0 Å². The lowest BCUT2D eigenvalue weighted by Gasteiger charge is -2.52. The molecule has 5 nitrogen and oxygen atoms in total. The van der Waals surface area contributed by atoms with Crippen LogP contribution in [0.5, 0.6) is 5.75 Å². The predicted octanol–water partition coefficient (Wildman–Crippen LogP) is 4.22. The van der Waals surface area contributed by atoms with E-state index in [0.717, 1.165) is 12.8 Å². The number of nitrogens with zero attached hydrogens (tertiary/aromatic N) is 1. The molecule has 0 spiro atoms. The molecule has 21 heavy (non-hydrogen) atoms. The van der Waals surface area contributed by atoms with Crippen molar-refractivity contribution in [3.8, 4) is 5.75 Å². The Labute approximate surface area is 133 Å². The number of ether oxygens (including phenoxy) is 1. The van der Waals surface area contributed by atoms with Crippen molar-refractivity contribution in [1.29, 1.82) is 0 Å². The van der Waals surface area contributed by atoms with Gasteiger partial charge in [-0.25, -0.2) is 0 Å². The highest BCUT2D eigenvalue weighted by atomic mass is 35.5. The highest BCUT2D eigenvalue weighted by Gasteiger charge is 2.54. The number of nitro groups is 1. The fraction of sp³-hybridized carbons (Fsp3) is 0.571. The van der Waals surface area contributed by atoms with Crippen LogP contribution >= 0.6 is 23.2 Å². The van der Waals surface area contributed by atoms with Gasteiger partial charge in [-0.15, -0.1) is 0 Å². The second-order valence-corrected chi connectivity index (χ2v) is 6.11. The number of non-ortho nitro benzene ring substituents is 1. The van der Waals surface area contributed by atoms with Crippen molar-refractivity contribution in [3.63, 3.8) is 0 Å². The molecule has 0 heterocycles. The first kappa shape index (κ1) is 16.3. The molecule has 0 bridgehead atoms. The summed E-state index contributed by atoms with van der Waals surface area (Å²) in [5.41, 5.74) is -0.489. The SMILES string of the molecule is CCC1(CC)C(O)CC1Oc1c(Cl)cc([N+](=O)[O-])cc1Cl. The zero-order chi connectivity index (χ0) is 15.8. The zero-order valence-corrected chi connectivity index (χ0v) is 13.3. The highest BCUT2D eigenvalue weighted by molar-refractivity contribution is 6.37. The summed E-state index contributed by atoms with van der Waals surface area (Å²) in [6, 6.07) is 2.44. The van der Waals surface area contributed by atoms with E-state index in [2.05, 4.69) is 0 Å². The molecule has 1 saturated carbocycles. The molecule has 0 radical (unpaired) electrons. The number of nitro benzene ring substituents is 1. The molecule has 1 N–H and O–H groups in total. The van der Waals surface area contributed by atoms with Gasteiger partial charge in [0.25, 0.3) is 5.69 Å². The second-order valence-electron chi connectivity index (χ2n) is 5.29. The summed E-state index contributed by atoms with van der Waals surface area (Å²) in [6.07, 6.45) is 1.45. The molecule has 0 amide bonds. The fourth-order valence-corrected chi connectivity index (χ4v) is 3.54. The Balaban J connectivity index is 2.27. The maximum Gasteiger partial charge on any atom is 0.272 e. The summed E-state index contributed by atoms with van der Waals surface area (Å²) < 4.78 is 5.87. The fourth-order valence-electron chi connectivity index (χ4n) is 2.98. The Morgan fingerprint density at radius 3 is 2.29 bits per heavy atom. The van der Waals surface area contributed by atoms with Gasteiger partial charge in [0.1, 0.15) is 6.10 Å². The Kier molecular flexibility index (Phi) is 4.66. The first-order valence-electron chi connectivity index (χ1n) is 6.83. The minimum Gasteiger partial charge on any atom is -0.487 e. The van der Waals surface area contributed by atoms with E-state index in [0.29, 0.717) is 6.42 Å². The maximum atomic E-state index is 10.8. The molecule has 0 aliphatic heterocycles. The standard InChI is InChI=1S/C14H17Cl2NO4/c1-3-14(4-2)11(18)7-12(14)21-13-9(15)5-8(17(19)20)6-10(13)16/h5-6,11-12,18H,3-4,7H2,1-2H3. The number of benzene rings is 1. The van der Waals surface area contributed by atoms with Crippen molar-refractivity contribution in [2.45, 2.75) is 45.3 Å². The predicted molar refractivity (Wildman–Crippen MR) is 81.2 cm³/mol. The topological polar surface area (TPSA) is 72.6 Å². The first-order valence-corrected chi connectivity index (χ1v) is 7.59. The third kappa shape index (κ3) is 2.70. The number of hydrogen-bond acceptors (Lipinski definition) is 4. The highest BCUT2D eigenvalue weighted by Crippen LogP contribution is 2.50. The lowest BCUT2D eigenvalue weighted by atomic mass is 9.60. The van der Waals surface area contributed by atoms with E-state index in [1.165, 1.54) is 12.1 Å². The van der Waals surface area contributed by atoms with Crippen LogP contribution in [-0.2, 0) is 0 Å². The molecule has 0 aromatic heterocycles. The summed E-state index contributed by atoms with van der Waals surface area (Å²) in [5, 5.41) is 21.0. The molecule has 1 aromatic rings. The van der Waals surface area contributed by atoms with Crippen LogP contribution in [0.1, 0.15) is 33.1 Å². The number of rotatable bonds is 5. The molecule has 1 aliphatic carbocycles. The molecule has 7 heteroatoms. The van der Waals surface area contributed by atoms with Crippen LogP contribution in [0.25, 0.3) is 0 Å². The largest absolute Gasteiger partial charge is 0.487 e. The number of aliphatic hydroxyl groups excluding tert-OH is 1. The first-order chi connectivity index (χ1) is 9.85. The monoisotopic (exact) mass is 333 g/mol. The quantitative estimate of drug-likeness (QED) is 0.646. The van der Waals surface area contributed by atoms with Gasteiger partial charge in [0, 0.05) is 24.0 Å². The van der Waals surface area contributed by atoms with E-state index in [1.54, 1.807) is 0 Å². The smallest absolute Gasteiger partial charge is 0.272 e. The average Bonchev–Trinajstić information content (AvgIpc) is 2.42. The molecule has 1 aliphatic rings. The van der Waals surface area contributed by atoms with Crippen molar-refractivity contribution in [2.24, 2.45) is 5.41 Å². The van der Waals surface area contributed by atoms with Gasteiger partial charge in [-0.3, -0.25) is 10.1 Å². The normalized spacial score (nSPS) is 23.5. The molecule has 1 aromatic carbocycles.